The van der Waals surface area contributed by atoms with Gasteiger partial charge in [-0.25, -0.2) is 0 Å². The minimum atomic E-state index is -0.406. The highest BCUT2D eigenvalue weighted by atomic mass is 16.6. The summed E-state index contributed by atoms with van der Waals surface area (Å²) in [6, 6.07) is 10.7. The molecule has 0 bridgehead atoms. The summed E-state index contributed by atoms with van der Waals surface area (Å²) in [5, 5.41) is 17.2. The quantitative estimate of drug-likeness (QED) is 0.647. The second-order valence-electron chi connectivity index (χ2n) is 4.54. The summed E-state index contributed by atoms with van der Waals surface area (Å²) in [7, 11) is 3.22. The van der Waals surface area contributed by atoms with E-state index in [2.05, 4.69) is 10.6 Å². The molecule has 0 heterocycles. The molecule has 0 spiro atoms. The molecule has 0 aromatic heterocycles. The third-order valence-electron chi connectivity index (χ3n) is 3.11. The molecular formula is C15H17N3O3. The summed E-state index contributed by atoms with van der Waals surface area (Å²) in [5.74, 6) is 0.629. The molecule has 0 radical (unpaired) electrons. The second kappa shape index (κ2) is 6.13. The van der Waals surface area contributed by atoms with Crippen molar-refractivity contribution >= 4 is 22.7 Å². The van der Waals surface area contributed by atoms with Gasteiger partial charge in [-0.3, -0.25) is 10.1 Å². The van der Waals surface area contributed by atoms with Gasteiger partial charge in [0.1, 0.15) is 17.1 Å². The lowest BCUT2D eigenvalue weighted by Gasteiger charge is -2.13. The fourth-order valence-electron chi connectivity index (χ4n) is 2.11. The summed E-state index contributed by atoms with van der Waals surface area (Å²) in [6.07, 6.45) is 0. The number of rotatable bonds is 5. The molecule has 0 aliphatic heterocycles. The van der Waals surface area contributed by atoms with Crippen LogP contribution in [0.2, 0.25) is 0 Å². The van der Waals surface area contributed by atoms with Crippen LogP contribution in [0.1, 0.15) is 5.56 Å². The number of hydrogen-bond acceptors (Lipinski definition) is 5. The van der Waals surface area contributed by atoms with Crippen molar-refractivity contribution in [3.8, 4) is 5.75 Å². The van der Waals surface area contributed by atoms with Crippen LogP contribution in [0.5, 0.6) is 5.75 Å². The Labute approximate surface area is 122 Å². The zero-order valence-corrected chi connectivity index (χ0v) is 12.1. The molecule has 0 fully saturated rings. The molecule has 6 nitrogen and oxygen atoms in total. The minimum Gasteiger partial charge on any atom is -0.495 e. The van der Waals surface area contributed by atoms with Gasteiger partial charge in [0.25, 0.3) is 0 Å². The minimum absolute atomic E-state index is 0.00330. The first-order chi connectivity index (χ1) is 10.1. The maximum Gasteiger partial charge on any atom is 0.315 e. The molecule has 0 atom stereocenters. The van der Waals surface area contributed by atoms with Crippen LogP contribution in [0.15, 0.2) is 36.4 Å². The molecule has 6 heteroatoms. The summed E-state index contributed by atoms with van der Waals surface area (Å²) in [6.45, 7) is 1.95. The van der Waals surface area contributed by atoms with Gasteiger partial charge in [0.2, 0.25) is 0 Å². The Kier molecular flexibility index (Phi) is 4.27. The van der Waals surface area contributed by atoms with Crippen LogP contribution in [0.3, 0.4) is 0 Å². The van der Waals surface area contributed by atoms with Gasteiger partial charge >= 0.3 is 5.69 Å². The van der Waals surface area contributed by atoms with E-state index in [1.807, 2.05) is 25.1 Å². The Balaban J connectivity index is 2.49. The number of anilines is 3. The third-order valence-corrected chi connectivity index (χ3v) is 3.11. The summed E-state index contributed by atoms with van der Waals surface area (Å²) in [5.41, 5.74) is 2.59. The molecule has 0 aliphatic carbocycles. The van der Waals surface area contributed by atoms with Crippen molar-refractivity contribution in [2.45, 2.75) is 6.92 Å². The molecule has 0 saturated heterocycles. The fraction of sp³-hybridized carbons (Fsp3) is 0.200. The van der Waals surface area contributed by atoms with Crippen LogP contribution in [0.4, 0.5) is 22.7 Å². The molecule has 0 aliphatic rings. The Hall–Kier alpha value is -2.76. The number of nitro groups is 1. The molecular weight excluding hydrogens is 270 g/mol. The van der Waals surface area contributed by atoms with E-state index >= 15 is 0 Å². The molecule has 0 unspecified atom stereocenters. The number of benzene rings is 2. The number of methoxy groups -OCH3 is 1. The highest BCUT2D eigenvalue weighted by molar-refractivity contribution is 5.81. The largest absolute Gasteiger partial charge is 0.495 e. The average Bonchev–Trinajstić information content (AvgIpc) is 2.47. The topological polar surface area (TPSA) is 76.4 Å². The molecule has 0 amide bonds. The van der Waals surface area contributed by atoms with Crippen molar-refractivity contribution in [3.63, 3.8) is 0 Å². The van der Waals surface area contributed by atoms with Crippen LogP contribution in [0.25, 0.3) is 0 Å². The van der Waals surface area contributed by atoms with E-state index < -0.39 is 4.92 Å². The number of ether oxygens (including phenoxy) is 1. The molecule has 2 N–H and O–H groups in total. The van der Waals surface area contributed by atoms with Crippen molar-refractivity contribution in [1.29, 1.82) is 0 Å². The van der Waals surface area contributed by atoms with Gasteiger partial charge in [0, 0.05) is 7.05 Å². The number of nitrogens with zero attached hydrogens (tertiary/aromatic N) is 1. The van der Waals surface area contributed by atoms with Gasteiger partial charge in [0.05, 0.1) is 17.7 Å². The third kappa shape index (κ3) is 3.05. The molecule has 21 heavy (non-hydrogen) atoms. The molecule has 2 rings (SSSR count). The maximum absolute atomic E-state index is 11.3. The fourth-order valence-corrected chi connectivity index (χ4v) is 2.11. The second-order valence-corrected chi connectivity index (χ2v) is 4.54. The molecule has 110 valence electrons. The number of nitro benzene ring substituents is 1. The van der Waals surface area contributed by atoms with Crippen LogP contribution in [0, 0.1) is 17.0 Å². The summed E-state index contributed by atoms with van der Waals surface area (Å²) < 4.78 is 5.28. The Morgan fingerprint density at radius 1 is 1.14 bits per heavy atom. The molecule has 2 aromatic rings. The van der Waals surface area contributed by atoms with Crippen molar-refractivity contribution in [3.05, 3.63) is 52.1 Å². The van der Waals surface area contributed by atoms with Gasteiger partial charge in [0.15, 0.2) is 0 Å². The predicted molar refractivity (Wildman–Crippen MR) is 83.7 cm³/mol. The van der Waals surface area contributed by atoms with Gasteiger partial charge < -0.3 is 15.4 Å². The van der Waals surface area contributed by atoms with E-state index in [0.717, 1.165) is 5.56 Å². The van der Waals surface area contributed by atoms with Crippen molar-refractivity contribution in [1.82, 2.24) is 0 Å². The van der Waals surface area contributed by atoms with Crippen LogP contribution in [-0.4, -0.2) is 19.1 Å². The van der Waals surface area contributed by atoms with E-state index in [1.54, 1.807) is 32.4 Å². The zero-order chi connectivity index (χ0) is 15.4. The average molecular weight is 287 g/mol. The van der Waals surface area contributed by atoms with Crippen LogP contribution in [-0.2, 0) is 0 Å². The van der Waals surface area contributed by atoms with Crippen molar-refractivity contribution in [2.75, 3.05) is 24.8 Å². The zero-order valence-electron chi connectivity index (χ0n) is 12.1. The number of para-hydroxylation sites is 1. The maximum atomic E-state index is 11.3. The smallest absolute Gasteiger partial charge is 0.315 e. The van der Waals surface area contributed by atoms with Gasteiger partial charge in [-0.15, -0.1) is 0 Å². The first-order valence-corrected chi connectivity index (χ1v) is 6.43. The lowest BCUT2D eigenvalue weighted by molar-refractivity contribution is -0.383. The monoisotopic (exact) mass is 287 g/mol. The Morgan fingerprint density at radius 2 is 1.86 bits per heavy atom. The van der Waals surface area contributed by atoms with E-state index in [1.165, 1.54) is 0 Å². The van der Waals surface area contributed by atoms with E-state index in [0.29, 0.717) is 22.8 Å². The van der Waals surface area contributed by atoms with Gasteiger partial charge in [-0.1, -0.05) is 12.1 Å². The van der Waals surface area contributed by atoms with Crippen LogP contribution >= 0.6 is 0 Å². The molecule has 0 saturated carbocycles. The molecule has 2 aromatic carbocycles. The van der Waals surface area contributed by atoms with Gasteiger partial charge in [-0.05, 0) is 36.8 Å². The Bertz CT molecular complexity index is 671. The normalized spacial score (nSPS) is 10.0. The number of nitrogens with one attached hydrogen (secondary N) is 2. The summed E-state index contributed by atoms with van der Waals surface area (Å²) >= 11 is 0. The lowest BCUT2D eigenvalue weighted by Crippen LogP contribution is -2.02. The SMILES string of the molecule is CNc1cccc(Nc2cc(C)ccc2OC)c1[N+](=O)[O-]. The van der Waals surface area contributed by atoms with Crippen LogP contribution < -0.4 is 15.4 Å². The van der Waals surface area contributed by atoms with E-state index in [9.17, 15) is 10.1 Å². The van der Waals surface area contributed by atoms with E-state index in [-0.39, 0.29) is 5.69 Å². The van der Waals surface area contributed by atoms with Crippen molar-refractivity contribution in [2.24, 2.45) is 0 Å². The first-order valence-electron chi connectivity index (χ1n) is 6.43. The highest BCUT2D eigenvalue weighted by Crippen LogP contribution is 2.37. The standard InChI is InChI=1S/C15H17N3O3/c1-10-7-8-14(21-3)13(9-10)17-12-6-4-5-11(16-2)15(12)18(19)20/h4-9,16-17H,1-3H3. The van der Waals surface area contributed by atoms with Crippen molar-refractivity contribution < 1.29 is 9.66 Å². The number of aryl methyl sites for hydroxylation is 1. The summed E-state index contributed by atoms with van der Waals surface area (Å²) in [4.78, 5) is 10.9. The van der Waals surface area contributed by atoms with Gasteiger partial charge in [-0.2, -0.15) is 0 Å². The first kappa shape index (κ1) is 14.6. The highest BCUT2D eigenvalue weighted by Gasteiger charge is 2.19. The number of hydrogen-bond donors (Lipinski definition) is 2. The predicted octanol–water partition coefficient (Wildman–Crippen LogP) is 3.70. The lowest BCUT2D eigenvalue weighted by atomic mass is 10.1. The van der Waals surface area contributed by atoms with E-state index in [4.69, 9.17) is 4.74 Å². The Morgan fingerprint density at radius 3 is 2.48 bits per heavy atom.